The number of rotatable bonds is 4. The highest BCUT2D eigenvalue weighted by atomic mass is 16.5. The van der Waals surface area contributed by atoms with E-state index in [1.807, 2.05) is 0 Å². The van der Waals surface area contributed by atoms with Gasteiger partial charge in [-0.2, -0.15) is 0 Å². The molecular weight excluding hydrogens is 160 g/mol. The van der Waals surface area contributed by atoms with Gasteiger partial charge >= 0.3 is 5.97 Å². The lowest BCUT2D eigenvalue weighted by Gasteiger charge is -2.10. The first-order chi connectivity index (χ1) is 5.72. The van der Waals surface area contributed by atoms with Crippen LogP contribution in [0.4, 0.5) is 0 Å². The molecule has 1 rings (SSSR count). The maximum Gasteiger partial charge on any atom is 0.305 e. The molecule has 4 nitrogen and oxygen atoms in total. The molecule has 1 fully saturated rings. The van der Waals surface area contributed by atoms with Crippen LogP contribution in [0.2, 0.25) is 0 Å². The maximum atomic E-state index is 10.3. The average Bonchev–Trinajstić information content (AvgIpc) is 2.36. The second-order valence-electron chi connectivity index (χ2n) is 3.01. The molecule has 0 amide bonds. The Kier molecular flexibility index (Phi) is 3.49. The third-order valence-electron chi connectivity index (χ3n) is 1.95. The van der Waals surface area contributed by atoms with E-state index in [9.17, 15) is 4.79 Å². The van der Waals surface area contributed by atoms with Crippen molar-refractivity contribution in [2.75, 3.05) is 13.7 Å². The lowest BCUT2D eigenvalue weighted by molar-refractivity contribution is -0.140. The lowest BCUT2D eigenvalue weighted by atomic mass is 10.1. The minimum absolute atomic E-state index is 0.0966. The highest BCUT2D eigenvalue weighted by Crippen LogP contribution is 2.21. The Bertz CT molecular complexity index is 157. The Hall–Kier alpha value is -0.610. The van der Waals surface area contributed by atoms with E-state index < -0.39 is 5.97 Å². The number of hydrogen-bond donors (Lipinski definition) is 1. The number of carbonyl (C=O) groups is 1. The molecule has 70 valence electrons. The molecule has 0 spiro atoms. The third-order valence-corrected chi connectivity index (χ3v) is 1.95. The molecule has 0 aromatic heterocycles. The molecule has 2 unspecified atom stereocenters. The Morgan fingerprint density at radius 3 is 2.83 bits per heavy atom. The number of aliphatic carboxylic acids is 1. The molecule has 0 aliphatic carbocycles. The van der Waals surface area contributed by atoms with Gasteiger partial charge in [-0.05, 0) is 12.8 Å². The number of ether oxygens (including phenoxy) is 2. The van der Waals surface area contributed by atoms with Gasteiger partial charge in [-0.15, -0.1) is 0 Å². The van der Waals surface area contributed by atoms with Crippen molar-refractivity contribution in [3.8, 4) is 0 Å². The van der Waals surface area contributed by atoms with Crippen LogP contribution in [0.5, 0.6) is 0 Å². The smallest absolute Gasteiger partial charge is 0.305 e. The van der Waals surface area contributed by atoms with Crippen molar-refractivity contribution in [2.45, 2.75) is 31.5 Å². The first kappa shape index (κ1) is 9.48. The number of carboxylic acids is 1. The molecule has 0 radical (unpaired) electrons. The number of methoxy groups -OCH3 is 1. The van der Waals surface area contributed by atoms with Crippen LogP contribution in [0, 0.1) is 0 Å². The van der Waals surface area contributed by atoms with Crippen LogP contribution >= 0.6 is 0 Å². The summed E-state index contributed by atoms with van der Waals surface area (Å²) in [5.74, 6) is -0.793. The van der Waals surface area contributed by atoms with Gasteiger partial charge in [0, 0.05) is 7.11 Å². The van der Waals surface area contributed by atoms with Crippen LogP contribution in [0.3, 0.4) is 0 Å². The summed E-state index contributed by atoms with van der Waals surface area (Å²) in [4.78, 5) is 10.3. The Balaban J connectivity index is 2.21. The molecule has 1 aliphatic heterocycles. The molecule has 2 atom stereocenters. The summed E-state index contributed by atoms with van der Waals surface area (Å²) in [5.41, 5.74) is 0. The molecule has 0 saturated carbocycles. The monoisotopic (exact) mass is 174 g/mol. The van der Waals surface area contributed by atoms with E-state index in [0.717, 1.165) is 12.8 Å². The standard InChI is InChI=1S/C8H14O4/c1-11-5-7-3-2-6(12-7)4-8(9)10/h6-7H,2-5H2,1H3,(H,9,10). The molecule has 1 aliphatic rings. The van der Waals surface area contributed by atoms with Crippen LogP contribution in [0.1, 0.15) is 19.3 Å². The molecular formula is C8H14O4. The zero-order chi connectivity index (χ0) is 8.97. The van der Waals surface area contributed by atoms with Crippen molar-refractivity contribution in [3.05, 3.63) is 0 Å². The fourth-order valence-electron chi connectivity index (χ4n) is 1.43. The van der Waals surface area contributed by atoms with Crippen molar-refractivity contribution in [3.63, 3.8) is 0 Å². The molecule has 1 saturated heterocycles. The normalized spacial score (nSPS) is 29.1. The second-order valence-corrected chi connectivity index (χ2v) is 3.01. The highest BCUT2D eigenvalue weighted by Gasteiger charge is 2.26. The van der Waals surface area contributed by atoms with Gasteiger partial charge in [0.05, 0.1) is 25.2 Å². The summed E-state index contributed by atoms with van der Waals surface area (Å²) in [6.07, 6.45) is 1.84. The molecule has 0 bridgehead atoms. The molecule has 12 heavy (non-hydrogen) atoms. The zero-order valence-corrected chi connectivity index (χ0v) is 7.16. The molecule has 1 N–H and O–H groups in total. The Labute approximate surface area is 71.5 Å². The Morgan fingerprint density at radius 1 is 1.58 bits per heavy atom. The van der Waals surface area contributed by atoms with Gasteiger partial charge < -0.3 is 14.6 Å². The van der Waals surface area contributed by atoms with Crippen LogP contribution in [0.25, 0.3) is 0 Å². The van der Waals surface area contributed by atoms with E-state index in [2.05, 4.69) is 0 Å². The van der Waals surface area contributed by atoms with Crippen molar-refractivity contribution in [2.24, 2.45) is 0 Å². The van der Waals surface area contributed by atoms with E-state index >= 15 is 0 Å². The molecule has 0 aromatic carbocycles. The van der Waals surface area contributed by atoms with E-state index in [-0.39, 0.29) is 18.6 Å². The minimum Gasteiger partial charge on any atom is -0.481 e. The topological polar surface area (TPSA) is 55.8 Å². The zero-order valence-electron chi connectivity index (χ0n) is 7.16. The summed E-state index contributed by atoms with van der Waals surface area (Å²) < 4.78 is 10.3. The fourth-order valence-corrected chi connectivity index (χ4v) is 1.43. The van der Waals surface area contributed by atoms with Gasteiger partial charge in [0.1, 0.15) is 0 Å². The van der Waals surface area contributed by atoms with E-state index in [1.165, 1.54) is 0 Å². The fraction of sp³-hybridized carbons (Fsp3) is 0.875. The van der Waals surface area contributed by atoms with Crippen LogP contribution in [-0.4, -0.2) is 37.0 Å². The molecule has 1 heterocycles. The Morgan fingerprint density at radius 2 is 2.25 bits per heavy atom. The van der Waals surface area contributed by atoms with Gasteiger partial charge in [-0.25, -0.2) is 0 Å². The summed E-state index contributed by atoms with van der Waals surface area (Å²) >= 11 is 0. The SMILES string of the molecule is COCC1CCC(CC(=O)O)O1. The van der Waals surface area contributed by atoms with Gasteiger partial charge in [0.2, 0.25) is 0 Å². The van der Waals surface area contributed by atoms with Gasteiger partial charge in [0.25, 0.3) is 0 Å². The average molecular weight is 174 g/mol. The summed E-state index contributed by atoms with van der Waals surface area (Å²) in [7, 11) is 1.62. The van der Waals surface area contributed by atoms with Crippen molar-refractivity contribution in [1.29, 1.82) is 0 Å². The van der Waals surface area contributed by atoms with Crippen LogP contribution in [-0.2, 0) is 14.3 Å². The molecule has 0 aromatic rings. The largest absolute Gasteiger partial charge is 0.481 e. The predicted molar refractivity (Wildman–Crippen MR) is 42.0 cm³/mol. The van der Waals surface area contributed by atoms with Crippen LogP contribution < -0.4 is 0 Å². The minimum atomic E-state index is -0.793. The maximum absolute atomic E-state index is 10.3. The summed E-state index contributed by atoms with van der Waals surface area (Å²) in [5, 5.41) is 8.48. The van der Waals surface area contributed by atoms with Crippen LogP contribution in [0.15, 0.2) is 0 Å². The quantitative estimate of drug-likeness (QED) is 0.680. The predicted octanol–water partition coefficient (Wildman–Crippen LogP) is 0.655. The van der Waals surface area contributed by atoms with Crippen molar-refractivity contribution >= 4 is 5.97 Å². The summed E-state index contributed by atoms with van der Waals surface area (Å²) in [6, 6.07) is 0. The number of hydrogen-bond acceptors (Lipinski definition) is 3. The van der Waals surface area contributed by atoms with Crippen molar-refractivity contribution in [1.82, 2.24) is 0 Å². The van der Waals surface area contributed by atoms with Gasteiger partial charge in [0.15, 0.2) is 0 Å². The summed E-state index contributed by atoms with van der Waals surface area (Å²) in [6.45, 7) is 0.566. The van der Waals surface area contributed by atoms with Gasteiger partial charge in [-0.1, -0.05) is 0 Å². The molecule has 4 heteroatoms. The van der Waals surface area contributed by atoms with Crippen molar-refractivity contribution < 1.29 is 19.4 Å². The third kappa shape index (κ3) is 2.79. The van der Waals surface area contributed by atoms with E-state index in [4.69, 9.17) is 14.6 Å². The second kappa shape index (κ2) is 4.42. The highest BCUT2D eigenvalue weighted by molar-refractivity contribution is 5.67. The first-order valence-electron chi connectivity index (χ1n) is 4.08. The van der Waals surface area contributed by atoms with E-state index in [0.29, 0.717) is 6.61 Å². The van der Waals surface area contributed by atoms with Gasteiger partial charge in [-0.3, -0.25) is 4.79 Å². The lowest BCUT2D eigenvalue weighted by Crippen LogP contribution is -2.18. The first-order valence-corrected chi connectivity index (χ1v) is 4.08. The van der Waals surface area contributed by atoms with E-state index in [1.54, 1.807) is 7.11 Å². The number of carboxylic acid groups (broad SMARTS) is 1.